The van der Waals surface area contributed by atoms with Crippen molar-refractivity contribution in [3.05, 3.63) is 35.9 Å². The molecule has 0 amide bonds. The lowest BCUT2D eigenvalue weighted by molar-refractivity contribution is -0.877. The molecule has 0 radical (unpaired) electrons. The molecule has 0 spiro atoms. The van der Waals surface area contributed by atoms with Gasteiger partial charge in [0, 0.05) is 11.5 Å². The molecular weight excluding hydrogens is 311 g/mol. The predicted octanol–water partition coefficient (Wildman–Crippen LogP) is -0.243. The van der Waals surface area contributed by atoms with Crippen LogP contribution in [0.3, 0.4) is 0 Å². The van der Waals surface area contributed by atoms with Crippen LogP contribution in [0.1, 0.15) is 19.4 Å². The van der Waals surface area contributed by atoms with Gasteiger partial charge in [0.15, 0.2) is 0 Å². The van der Waals surface area contributed by atoms with Crippen LogP contribution in [0, 0.1) is 5.92 Å². The number of nitrogens with zero attached hydrogens (tertiary/aromatic N) is 2. The molecule has 0 fully saturated rings. The standard InChI is InChI=1S/C13H21N2.HI/c1-11(2)13(14-15(3,4)5)12-9-7-6-8-10-12;/h6-11H,1-5H3;1H/q+1;/p-1/b14-13+;. The van der Waals surface area contributed by atoms with E-state index in [9.17, 15) is 0 Å². The SMILES string of the molecule is CC(C)/C(=N\[N+](C)(C)C)c1ccccc1.[I-]. The molecule has 2 nitrogen and oxygen atoms in total. The summed E-state index contributed by atoms with van der Waals surface area (Å²) in [6.45, 7) is 4.36. The van der Waals surface area contributed by atoms with Crippen LogP contribution in [0.2, 0.25) is 0 Å². The summed E-state index contributed by atoms with van der Waals surface area (Å²) in [6, 6.07) is 10.4. The first kappa shape index (κ1) is 15.6. The molecule has 0 aliphatic heterocycles. The van der Waals surface area contributed by atoms with Gasteiger partial charge in [0.25, 0.3) is 0 Å². The van der Waals surface area contributed by atoms with E-state index in [-0.39, 0.29) is 24.0 Å². The maximum Gasteiger partial charge on any atom is 0.106 e. The lowest BCUT2D eigenvalue weighted by Gasteiger charge is -2.19. The van der Waals surface area contributed by atoms with E-state index in [0.29, 0.717) is 10.5 Å². The zero-order valence-electron chi connectivity index (χ0n) is 10.7. The maximum atomic E-state index is 4.73. The highest BCUT2D eigenvalue weighted by Crippen LogP contribution is 2.11. The molecule has 90 valence electrons. The number of rotatable bonds is 3. The second kappa shape index (κ2) is 6.35. The lowest BCUT2D eigenvalue weighted by atomic mass is 10.0. The average Bonchev–Trinajstić information content (AvgIpc) is 2.14. The van der Waals surface area contributed by atoms with Gasteiger partial charge < -0.3 is 24.0 Å². The largest absolute Gasteiger partial charge is 1.00 e. The van der Waals surface area contributed by atoms with Gasteiger partial charge in [-0.15, -0.1) is 0 Å². The Morgan fingerprint density at radius 2 is 1.56 bits per heavy atom. The molecule has 0 saturated carbocycles. The predicted molar refractivity (Wildman–Crippen MR) is 65.8 cm³/mol. The van der Waals surface area contributed by atoms with Crippen molar-refractivity contribution in [1.29, 1.82) is 0 Å². The van der Waals surface area contributed by atoms with Crippen LogP contribution in [-0.4, -0.2) is 31.4 Å². The molecular formula is C13H21IN2. The Hall–Kier alpha value is -0.420. The van der Waals surface area contributed by atoms with Gasteiger partial charge in [0.05, 0.1) is 21.1 Å². The average molecular weight is 332 g/mol. The molecule has 0 heterocycles. The summed E-state index contributed by atoms with van der Waals surface area (Å²) in [4.78, 5) is 0. The van der Waals surface area contributed by atoms with Crippen LogP contribution in [0.4, 0.5) is 0 Å². The summed E-state index contributed by atoms with van der Waals surface area (Å²) in [7, 11) is 6.22. The minimum absolute atomic E-state index is 0. The monoisotopic (exact) mass is 332 g/mol. The van der Waals surface area contributed by atoms with Gasteiger partial charge >= 0.3 is 0 Å². The van der Waals surface area contributed by atoms with Crippen molar-refractivity contribution >= 4 is 5.71 Å². The molecule has 1 aromatic rings. The van der Waals surface area contributed by atoms with Gasteiger partial charge in [-0.25, -0.2) is 4.59 Å². The van der Waals surface area contributed by atoms with Crippen molar-refractivity contribution in [2.24, 2.45) is 11.0 Å². The van der Waals surface area contributed by atoms with Crippen LogP contribution in [0.5, 0.6) is 0 Å². The van der Waals surface area contributed by atoms with E-state index in [1.807, 2.05) is 6.07 Å². The number of quaternary nitrogens is 1. The highest BCUT2D eigenvalue weighted by atomic mass is 127. The first-order valence-corrected chi connectivity index (χ1v) is 5.37. The first-order chi connectivity index (χ1) is 6.90. The third-order valence-electron chi connectivity index (χ3n) is 2.02. The van der Waals surface area contributed by atoms with Crippen LogP contribution < -0.4 is 24.0 Å². The molecule has 0 unspecified atom stereocenters. The van der Waals surface area contributed by atoms with Gasteiger partial charge in [-0.1, -0.05) is 49.3 Å². The van der Waals surface area contributed by atoms with E-state index >= 15 is 0 Å². The van der Waals surface area contributed by atoms with Gasteiger partial charge in [0.2, 0.25) is 0 Å². The summed E-state index contributed by atoms with van der Waals surface area (Å²) in [5.41, 5.74) is 2.39. The summed E-state index contributed by atoms with van der Waals surface area (Å²) >= 11 is 0. The minimum Gasteiger partial charge on any atom is -1.00 e. The van der Waals surface area contributed by atoms with Crippen molar-refractivity contribution in [2.75, 3.05) is 21.1 Å². The fourth-order valence-electron chi connectivity index (χ4n) is 1.44. The number of halogens is 1. The van der Waals surface area contributed by atoms with Crippen LogP contribution in [0.15, 0.2) is 35.4 Å². The zero-order valence-corrected chi connectivity index (χ0v) is 12.9. The fraction of sp³-hybridized carbons (Fsp3) is 0.462. The zero-order chi connectivity index (χ0) is 11.5. The molecule has 1 aromatic carbocycles. The summed E-state index contributed by atoms with van der Waals surface area (Å²) in [5.74, 6) is 0.449. The van der Waals surface area contributed by atoms with Gasteiger partial charge in [-0.2, -0.15) is 0 Å². The maximum absolute atomic E-state index is 4.73. The molecule has 0 aliphatic rings. The third kappa shape index (κ3) is 5.07. The summed E-state index contributed by atoms with van der Waals surface area (Å²) in [6.07, 6.45) is 0. The first-order valence-electron chi connectivity index (χ1n) is 5.37. The van der Waals surface area contributed by atoms with Crippen molar-refractivity contribution < 1.29 is 28.6 Å². The van der Waals surface area contributed by atoms with E-state index in [1.54, 1.807) is 0 Å². The van der Waals surface area contributed by atoms with Gasteiger partial charge in [-0.05, 0) is 0 Å². The molecule has 0 bridgehead atoms. The quantitative estimate of drug-likeness (QED) is 0.314. The van der Waals surface area contributed by atoms with Gasteiger partial charge in [0.1, 0.15) is 5.71 Å². The number of hydrogen-bond acceptors (Lipinski definition) is 1. The van der Waals surface area contributed by atoms with E-state index in [0.717, 1.165) is 0 Å². The van der Waals surface area contributed by atoms with Crippen molar-refractivity contribution in [3.63, 3.8) is 0 Å². The molecule has 0 saturated heterocycles. The Balaban J connectivity index is 0.00000225. The Bertz CT molecular complexity index is 337. The van der Waals surface area contributed by atoms with E-state index in [1.165, 1.54) is 11.3 Å². The molecule has 16 heavy (non-hydrogen) atoms. The fourth-order valence-corrected chi connectivity index (χ4v) is 1.44. The molecule has 0 atom stereocenters. The third-order valence-corrected chi connectivity index (χ3v) is 2.02. The minimum atomic E-state index is 0. The molecule has 0 N–H and O–H groups in total. The molecule has 3 heteroatoms. The highest BCUT2D eigenvalue weighted by molar-refractivity contribution is 6.01. The lowest BCUT2D eigenvalue weighted by Crippen LogP contribution is -3.00. The van der Waals surface area contributed by atoms with Crippen molar-refractivity contribution in [3.8, 4) is 0 Å². The number of benzene rings is 1. The Morgan fingerprint density at radius 3 is 1.94 bits per heavy atom. The topological polar surface area (TPSA) is 12.4 Å². The molecule has 0 aromatic heterocycles. The van der Waals surface area contributed by atoms with Gasteiger partial charge in [-0.3, -0.25) is 0 Å². The smallest absolute Gasteiger partial charge is 0.106 e. The Kier molecular flexibility index (Phi) is 6.18. The summed E-state index contributed by atoms with van der Waals surface area (Å²) in [5, 5.41) is 4.73. The van der Waals surface area contributed by atoms with E-state index in [4.69, 9.17) is 5.10 Å². The van der Waals surface area contributed by atoms with E-state index < -0.39 is 0 Å². The second-order valence-corrected chi connectivity index (χ2v) is 4.95. The van der Waals surface area contributed by atoms with Crippen molar-refractivity contribution in [2.45, 2.75) is 13.8 Å². The molecule has 0 aliphatic carbocycles. The van der Waals surface area contributed by atoms with Crippen molar-refractivity contribution in [1.82, 2.24) is 0 Å². The van der Waals surface area contributed by atoms with Crippen LogP contribution >= 0.6 is 0 Å². The Morgan fingerprint density at radius 1 is 1.06 bits per heavy atom. The molecule has 1 rings (SSSR count). The van der Waals surface area contributed by atoms with Crippen LogP contribution in [-0.2, 0) is 0 Å². The van der Waals surface area contributed by atoms with E-state index in [2.05, 4.69) is 59.3 Å². The summed E-state index contributed by atoms with van der Waals surface area (Å²) < 4.78 is 0.613. The second-order valence-electron chi connectivity index (χ2n) is 4.95. The normalized spacial score (nSPS) is 12.5. The number of hydrogen-bond donors (Lipinski definition) is 0. The van der Waals surface area contributed by atoms with Crippen LogP contribution in [0.25, 0.3) is 0 Å². The highest BCUT2D eigenvalue weighted by Gasteiger charge is 2.14. The Labute approximate surface area is 116 Å².